The van der Waals surface area contributed by atoms with Crippen LogP contribution in [-0.4, -0.2) is 21.7 Å². The molecule has 2 aromatic heterocycles. The Morgan fingerprint density at radius 1 is 1.17 bits per heavy atom. The lowest BCUT2D eigenvalue weighted by molar-refractivity contribution is -0.121. The summed E-state index contributed by atoms with van der Waals surface area (Å²) in [6.45, 7) is -0.209. The summed E-state index contributed by atoms with van der Waals surface area (Å²) in [6, 6.07) is 17.2. The van der Waals surface area contributed by atoms with Crippen LogP contribution in [0.3, 0.4) is 0 Å². The lowest BCUT2D eigenvalue weighted by Gasteiger charge is -2.03. The van der Waals surface area contributed by atoms with Crippen molar-refractivity contribution in [1.82, 2.24) is 15.0 Å². The van der Waals surface area contributed by atoms with Gasteiger partial charge in [-0.3, -0.25) is 14.2 Å². The molecule has 6 nitrogen and oxygen atoms in total. The van der Waals surface area contributed by atoms with E-state index in [1.54, 1.807) is 6.07 Å². The molecule has 0 spiro atoms. The zero-order valence-electron chi connectivity index (χ0n) is 15.1. The number of nitrogens with one attached hydrogen (secondary N) is 1. The fourth-order valence-electron chi connectivity index (χ4n) is 2.73. The number of halogens is 1. The van der Waals surface area contributed by atoms with Crippen molar-refractivity contribution >= 4 is 33.7 Å². The zero-order valence-corrected chi connectivity index (χ0v) is 15.9. The predicted molar refractivity (Wildman–Crippen MR) is 111 cm³/mol. The van der Waals surface area contributed by atoms with E-state index in [-0.39, 0.29) is 17.9 Å². The first-order chi connectivity index (χ1) is 14.1. The van der Waals surface area contributed by atoms with Gasteiger partial charge >= 0.3 is 0 Å². The number of nitrogens with zero attached hydrogens (tertiary/aromatic N) is 3. The van der Waals surface area contributed by atoms with Gasteiger partial charge in [0.05, 0.1) is 17.9 Å². The summed E-state index contributed by atoms with van der Waals surface area (Å²) >= 11 is 1.43. The standard InChI is InChI=1S/C21H15FN4O2S/c22-16-8-6-14(7-9-16)11-24-25-19(27)12-26-13-23-20-17(21(26)28)10-18(29-20)15-4-2-1-3-5-15/h1-11,13H,12H2,(H,25,27)/b24-11+. The molecule has 2 heterocycles. The van der Waals surface area contributed by atoms with Crippen molar-refractivity contribution in [2.45, 2.75) is 6.54 Å². The Hall–Kier alpha value is -3.65. The van der Waals surface area contributed by atoms with Gasteiger partial charge in [0.25, 0.3) is 11.5 Å². The molecule has 4 rings (SSSR count). The molecule has 0 aliphatic carbocycles. The van der Waals surface area contributed by atoms with E-state index >= 15 is 0 Å². The minimum Gasteiger partial charge on any atom is -0.289 e. The highest BCUT2D eigenvalue weighted by atomic mass is 32.1. The minimum absolute atomic E-state index is 0.209. The van der Waals surface area contributed by atoms with Crippen molar-refractivity contribution in [3.63, 3.8) is 0 Å². The first-order valence-electron chi connectivity index (χ1n) is 8.72. The second-order valence-corrected chi connectivity index (χ2v) is 7.25. The number of hydrogen-bond acceptors (Lipinski definition) is 5. The molecule has 0 radical (unpaired) electrons. The van der Waals surface area contributed by atoms with Gasteiger partial charge in [0, 0.05) is 4.88 Å². The fourth-order valence-corrected chi connectivity index (χ4v) is 3.73. The van der Waals surface area contributed by atoms with Crippen LogP contribution < -0.4 is 11.0 Å². The van der Waals surface area contributed by atoms with Crippen LogP contribution in [0.5, 0.6) is 0 Å². The maximum atomic E-state index is 12.9. The highest BCUT2D eigenvalue weighted by Gasteiger charge is 2.12. The van der Waals surface area contributed by atoms with Crippen molar-refractivity contribution in [2.75, 3.05) is 0 Å². The van der Waals surface area contributed by atoms with Crippen molar-refractivity contribution in [1.29, 1.82) is 0 Å². The number of aromatic nitrogens is 2. The number of benzene rings is 2. The summed E-state index contributed by atoms with van der Waals surface area (Å²) in [7, 11) is 0. The van der Waals surface area contributed by atoms with Crippen LogP contribution in [0.4, 0.5) is 4.39 Å². The molecule has 0 bridgehead atoms. The lowest BCUT2D eigenvalue weighted by Crippen LogP contribution is -2.29. The third-order valence-electron chi connectivity index (χ3n) is 4.16. The molecule has 0 saturated carbocycles. The number of thiophene rings is 1. The largest absolute Gasteiger partial charge is 0.289 e. The molecule has 0 aliphatic heterocycles. The van der Waals surface area contributed by atoms with E-state index in [1.807, 2.05) is 30.3 Å². The van der Waals surface area contributed by atoms with Crippen LogP contribution in [-0.2, 0) is 11.3 Å². The van der Waals surface area contributed by atoms with Crippen molar-refractivity contribution in [2.24, 2.45) is 5.10 Å². The number of hydrazone groups is 1. The summed E-state index contributed by atoms with van der Waals surface area (Å²) in [6.07, 6.45) is 2.76. The average Bonchev–Trinajstić information content (AvgIpc) is 3.18. The number of carbonyl (C=O) groups is 1. The van der Waals surface area contributed by atoms with Gasteiger partial charge < -0.3 is 0 Å². The van der Waals surface area contributed by atoms with E-state index in [1.165, 1.54) is 52.7 Å². The summed E-state index contributed by atoms with van der Waals surface area (Å²) in [5.41, 5.74) is 3.71. The van der Waals surface area contributed by atoms with E-state index in [2.05, 4.69) is 15.5 Å². The van der Waals surface area contributed by atoms with Crippen LogP contribution in [0.2, 0.25) is 0 Å². The van der Waals surface area contributed by atoms with Crippen molar-refractivity contribution in [3.8, 4) is 10.4 Å². The van der Waals surface area contributed by atoms with Gasteiger partial charge in [-0.1, -0.05) is 42.5 Å². The molecule has 1 N–H and O–H groups in total. The second-order valence-electron chi connectivity index (χ2n) is 6.22. The summed E-state index contributed by atoms with van der Waals surface area (Å²) in [5.74, 6) is -0.817. The van der Waals surface area contributed by atoms with Crippen LogP contribution >= 0.6 is 11.3 Å². The maximum absolute atomic E-state index is 12.9. The molecule has 0 aliphatic rings. The SMILES string of the molecule is O=C(Cn1cnc2sc(-c3ccccc3)cc2c1=O)N/N=C/c1ccc(F)cc1. The number of amides is 1. The third-order valence-corrected chi connectivity index (χ3v) is 5.26. The topological polar surface area (TPSA) is 76.3 Å². The molecule has 0 fully saturated rings. The number of carbonyl (C=O) groups excluding carboxylic acids is 1. The van der Waals surface area contributed by atoms with E-state index in [4.69, 9.17) is 0 Å². The molecule has 0 saturated heterocycles. The van der Waals surface area contributed by atoms with Crippen LogP contribution in [0.25, 0.3) is 20.7 Å². The first kappa shape index (κ1) is 18.7. The fraction of sp³-hybridized carbons (Fsp3) is 0.0476. The third kappa shape index (κ3) is 4.27. The number of rotatable bonds is 5. The van der Waals surface area contributed by atoms with Crippen LogP contribution in [0, 0.1) is 5.82 Å². The molecule has 0 unspecified atom stereocenters. The van der Waals surface area contributed by atoms with E-state index < -0.39 is 5.91 Å². The van der Waals surface area contributed by atoms with Gasteiger partial charge in [0.2, 0.25) is 0 Å². The summed E-state index contributed by atoms with van der Waals surface area (Å²) < 4.78 is 14.1. The van der Waals surface area contributed by atoms with Crippen molar-refractivity contribution in [3.05, 3.63) is 88.7 Å². The Bertz CT molecular complexity index is 1250. The predicted octanol–water partition coefficient (Wildman–Crippen LogP) is 3.41. The van der Waals surface area contributed by atoms with E-state index in [0.717, 1.165) is 10.4 Å². The molecular weight excluding hydrogens is 391 g/mol. The molecule has 2 aromatic carbocycles. The monoisotopic (exact) mass is 406 g/mol. The highest BCUT2D eigenvalue weighted by Crippen LogP contribution is 2.30. The van der Waals surface area contributed by atoms with Gasteiger partial charge in [-0.05, 0) is 29.3 Å². The maximum Gasteiger partial charge on any atom is 0.262 e. The first-order valence-corrected chi connectivity index (χ1v) is 9.54. The van der Waals surface area contributed by atoms with E-state index in [0.29, 0.717) is 15.8 Å². The average molecular weight is 406 g/mol. The Balaban J connectivity index is 1.49. The van der Waals surface area contributed by atoms with Gasteiger partial charge in [-0.15, -0.1) is 11.3 Å². The smallest absolute Gasteiger partial charge is 0.262 e. The molecule has 29 heavy (non-hydrogen) atoms. The Morgan fingerprint density at radius 3 is 2.69 bits per heavy atom. The normalized spacial score (nSPS) is 11.2. The zero-order chi connectivity index (χ0) is 20.2. The lowest BCUT2D eigenvalue weighted by atomic mass is 10.2. The Morgan fingerprint density at radius 2 is 1.93 bits per heavy atom. The molecule has 0 atom stereocenters. The minimum atomic E-state index is -0.467. The quantitative estimate of drug-likeness (QED) is 0.408. The Labute approximate surface area is 169 Å². The van der Waals surface area contributed by atoms with Gasteiger partial charge in [0.1, 0.15) is 17.2 Å². The van der Waals surface area contributed by atoms with Gasteiger partial charge in [-0.2, -0.15) is 5.10 Å². The second kappa shape index (κ2) is 8.15. The molecule has 4 aromatic rings. The number of hydrogen-bond donors (Lipinski definition) is 1. The Kier molecular flexibility index (Phi) is 5.26. The number of fused-ring (bicyclic) bond motifs is 1. The van der Waals surface area contributed by atoms with Crippen molar-refractivity contribution < 1.29 is 9.18 Å². The van der Waals surface area contributed by atoms with Gasteiger partial charge in [-0.25, -0.2) is 14.8 Å². The molecule has 8 heteroatoms. The highest BCUT2D eigenvalue weighted by molar-refractivity contribution is 7.21. The molecule has 144 valence electrons. The molecular formula is C21H15FN4O2S. The van der Waals surface area contributed by atoms with E-state index in [9.17, 15) is 14.0 Å². The van der Waals surface area contributed by atoms with Crippen LogP contribution in [0.1, 0.15) is 5.56 Å². The van der Waals surface area contributed by atoms with Gasteiger partial charge in [0.15, 0.2) is 0 Å². The summed E-state index contributed by atoms with van der Waals surface area (Å²) in [4.78, 5) is 30.7. The van der Waals surface area contributed by atoms with Crippen LogP contribution in [0.15, 0.2) is 76.9 Å². The molecule has 1 amide bonds. The summed E-state index contributed by atoms with van der Waals surface area (Å²) in [5, 5.41) is 4.29.